The lowest BCUT2D eigenvalue weighted by Crippen LogP contribution is -2.59. The van der Waals surface area contributed by atoms with E-state index in [-0.39, 0.29) is 0 Å². The molecule has 0 radical (unpaired) electrons. The lowest BCUT2D eigenvalue weighted by molar-refractivity contribution is 0.0615. The van der Waals surface area contributed by atoms with Crippen molar-refractivity contribution in [3.8, 4) is 0 Å². The third kappa shape index (κ3) is 3.49. The second-order valence-corrected chi connectivity index (χ2v) is 7.64. The third-order valence-corrected chi connectivity index (χ3v) is 6.43. The summed E-state index contributed by atoms with van der Waals surface area (Å²) in [5.41, 5.74) is 0. The molecule has 3 unspecified atom stereocenters. The number of rotatable bonds is 4. The summed E-state index contributed by atoms with van der Waals surface area (Å²) in [5, 5.41) is 7.24. The van der Waals surface area contributed by atoms with E-state index < -0.39 is 0 Å². The topological polar surface area (TPSA) is 28.2 Å². The van der Waals surface area contributed by atoms with Crippen LogP contribution in [-0.4, -0.2) is 35.1 Å². The Morgan fingerprint density at radius 3 is 2.86 bits per heavy atom. The maximum absolute atomic E-state index is 4.55. The van der Waals surface area contributed by atoms with Crippen LogP contribution in [0.25, 0.3) is 0 Å². The van der Waals surface area contributed by atoms with Crippen LogP contribution in [0.1, 0.15) is 63.4 Å². The van der Waals surface area contributed by atoms with Crippen molar-refractivity contribution in [2.75, 3.05) is 13.1 Å². The first kappa shape index (κ1) is 15.4. The first-order valence-electron chi connectivity index (χ1n) is 8.68. The number of nitrogens with one attached hydrogen (secondary N) is 1. The fourth-order valence-corrected chi connectivity index (χ4v) is 4.85. The molecule has 0 aromatic carbocycles. The molecule has 1 aromatic rings. The molecule has 3 rings (SSSR count). The molecule has 1 saturated heterocycles. The molecule has 1 aromatic heterocycles. The Morgan fingerprint density at radius 1 is 1.38 bits per heavy atom. The molecule has 1 N–H and O–H groups in total. The summed E-state index contributed by atoms with van der Waals surface area (Å²) in [6, 6.07) is 1.81. The second kappa shape index (κ2) is 7.21. The van der Waals surface area contributed by atoms with Gasteiger partial charge in [-0.15, -0.1) is 11.3 Å². The Balaban J connectivity index is 1.69. The van der Waals surface area contributed by atoms with Crippen molar-refractivity contribution >= 4 is 11.3 Å². The average Bonchev–Trinajstić information content (AvgIpc) is 3.09. The average molecular weight is 308 g/mol. The Hall–Kier alpha value is -0.450. The van der Waals surface area contributed by atoms with Crippen molar-refractivity contribution in [3.05, 3.63) is 16.6 Å². The molecule has 1 saturated carbocycles. The fraction of sp³-hybridized carbons (Fsp3) is 0.824. The van der Waals surface area contributed by atoms with E-state index in [0.717, 1.165) is 12.5 Å². The summed E-state index contributed by atoms with van der Waals surface area (Å²) in [6.45, 7) is 7.00. The van der Waals surface area contributed by atoms with Gasteiger partial charge in [0.1, 0.15) is 5.01 Å². The van der Waals surface area contributed by atoms with Gasteiger partial charge in [-0.2, -0.15) is 0 Å². The van der Waals surface area contributed by atoms with Crippen LogP contribution in [0.15, 0.2) is 11.6 Å². The third-order valence-electron chi connectivity index (χ3n) is 5.49. The van der Waals surface area contributed by atoms with Crippen molar-refractivity contribution in [2.24, 2.45) is 5.92 Å². The van der Waals surface area contributed by atoms with Gasteiger partial charge in [-0.3, -0.25) is 4.90 Å². The van der Waals surface area contributed by atoms with Gasteiger partial charge < -0.3 is 5.32 Å². The largest absolute Gasteiger partial charge is 0.311 e. The van der Waals surface area contributed by atoms with Crippen molar-refractivity contribution in [3.63, 3.8) is 0 Å². The van der Waals surface area contributed by atoms with Gasteiger partial charge in [0.2, 0.25) is 0 Å². The number of thiazole rings is 1. The van der Waals surface area contributed by atoms with E-state index in [9.17, 15) is 0 Å². The van der Waals surface area contributed by atoms with E-state index in [1.807, 2.05) is 6.20 Å². The summed E-state index contributed by atoms with van der Waals surface area (Å²) in [4.78, 5) is 7.27. The molecule has 2 heterocycles. The summed E-state index contributed by atoms with van der Waals surface area (Å²) >= 11 is 1.80. The zero-order valence-corrected chi connectivity index (χ0v) is 14.2. The van der Waals surface area contributed by atoms with E-state index in [1.165, 1.54) is 50.1 Å². The Labute approximate surface area is 133 Å². The van der Waals surface area contributed by atoms with Gasteiger partial charge in [0, 0.05) is 36.8 Å². The fourth-order valence-electron chi connectivity index (χ4n) is 4.13. The Bertz CT molecular complexity index is 414. The van der Waals surface area contributed by atoms with Crippen LogP contribution in [0.3, 0.4) is 0 Å². The SMILES string of the molecule is CCC1CNC(C2CCCCC2)CN1C(C)c1nccs1. The molecule has 0 amide bonds. The van der Waals surface area contributed by atoms with E-state index >= 15 is 0 Å². The number of hydrogen-bond donors (Lipinski definition) is 1. The van der Waals surface area contributed by atoms with Crippen LogP contribution in [0.2, 0.25) is 0 Å². The maximum Gasteiger partial charge on any atom is 0.109 e. The normalized spacial score (nSPS) is 30.4. The van der Waals surface area contributed by atoms with Crippen molar-refractivity contribution < 1.29 is 0 Å². The Kier molecular flexibility index (Phi) is 5.30. The summed E-state index contributed by atoms with van der Waals surface area (Å²) < 4.78 is 0. The number of piperazine rings is 1. The van der Waals surface area contributed by atoms with Crippen LogP contribution in [-0.2, 0) is 0 Å². The highest BCUT2D eigenvalue weighted by Crippen LogP contribution is 2.32. The summed E-state index contributed by atoms with van der Waals surface area (Å²) in [7, 11) is 0. The van der Waals surface area contributed by atoms with Gasteiger partial charge >= 0.3 is 0 Å². The van der Waals surface area contributed by atoms with Crippen LogP contribution >= 0.6 is 11.3 Å². The van der Waals surface area contributed by atoms with E-state index in [1.54, 1.807) is 11.3 Å². The lowest BCUT2D eigenvalue weighted by Gasteiger charge is -2.46. The standard InChI is InChI=1S/C17H29N3S/c1-3-15-11-19-16(14-7-5-4-6-8-14)12-20(15)13(2)17-18-9-10-21-17/h9-10,13-16,19H,3-8,11-12H2,1-2H3. The van der Waals surface area contributed by atoms with Crippen molar-refractivity contribution in [1.29, 1.82) is 0 Å². The first-order chi connectivity index (χ1) is 10.3. The predicted octanol–water partition coefficient (Wildman–Crippen LogP) is 3.84. The van der Waals surface area contributed by atoms with Gasteiger partial charge in [-0.05, 0) is 32.1 Å². The molecule has 1 aliphatic heterocycles. The molecular formula is C17H29N3S. The quantitative estimate of drug-likeness (QED) is 0.916. The monoisotopic (exact) mass is 307 g/mol. The van der Waals surface area contributed by atoms with Gasteiger partial charge in [0.25, 0.3) is 0 Å². The minimum Gasteiger partial charge on any atom is -0.311 e. The minimum atomic E-state index is 0.461. The highest BCUT2D eigenvalue weighted by molar-refractivity contribution is 7.09. The van der Waals surface area contributed by atoms with Gasteiger partial charge in [0.05, 0.1) is 6.04 Å². The highest BCUT2D eigenvalue weighted by Gasteiger charge is 2.35. The van der Waals surface area contributed by atoms with E-state index in [0.29, 0.717) is 18.1 Å². The smallest absolute Gasteiger partial charge is 0.109 e. The zero-order valence-electron chi connectivity index (χ0n) is 13.4. The van der Waals surface area contributed by atoms with Crippen molar-refractivity contribution in [1.82, 2.24) is 15.2 Å². The molecular weight excluding hydrogens is 278 g/mol. The van der Waals surface area contributed by atoms with Crippen molar-refractivity contribution in [2.45, 2.75) is 70.5 Å². The molecule has 1 aliphatic carbocycles. The Morgan fingerprint density at radius 2 is 2.19 bits per heavy atom. The summed E-state index contributed by atoms with van der Waals surface area (Å²) in [5.74, 6) is 0.891. The zero-order chi connectivity index (χ0) is 14.7. The number of aromatic nitrogens is 1. The summed E-state index contributed by atoms with van der Waals surface area (Å²) in [6.07, 6.45) is 10.3. The van der Waals surface area contributed by atoms with Gasteiger partial charge in [-0.25, -0.2) is 4.98 Å². The van der Waals surface area contributed by atoms with Crippen LogP contribution in [0.4, 0.5) is 0 Å². The van der Waals surface area contributed by atoms with Crippen LogP contribution in [0, 0.1) is 5.92 Å². The maximum atomic E-state index is 4.55. The van der Waals surface area contributed by atoms with Gasteiger partial charge in [0.15, 0.2) is 0 Å². The molecule has 3 atom stereocenters. The van der Waals surface area contributed by atoms with E-state index in [2.05, 4.69) is 34.4 Å². The number of nitrogens with zero attached hydrogens (tertiary/aromatic N) is 2. The van der Waals surface area contributed by atoms with E-state index in [4.69, 9.17) is 0 Å². The van der Waals surface area contributed by atoms with Crippen LogP contribution < -0.4 is 5.32 Å². The predicted molar refractivity (Wildman–Crippen MR) is 89.7 cm³/mol. The van der Waals surface area contributed by atoms with Crippen LogP contribution in [0.5, 0.6) is 0 Å². The first-order valence-corrected chi connectivity index (χ1v) is 9.56. The highest BCUT2D eigenvalue weighted by atomic mass is 32.1. The molecule has 118 valence electrons. The van der Waals surface area contributed by atoms with Gasteiger partial charge in [-0.1, -0.05) is 26.2 Å². The second-order valence-electron chi connectivity index (χ2n) is 6.72. The lowest BCUT2D eigenvalue weighted by atomic mass is 9.82. The molecule has 0 spiro atoms. The molecule has 3 nitrogen and oxygen atoms in total. The molecule has 0 bridgehead atoms. The molecule has 2 fully saturated rings. The minimum absolute atomic E-state index is 0.461. The molecule has 2 aliphatic rings. The number of hydrogen-bond acceptors (Lipinski definition) is 4. The molecule has 21 heavy (non-hydrogen) atoms. The molecule has 4 heteroatoms.